The molecule has 0 aliphatic carbocycles. The molecule has 0 aromatic heterocycles. The van der Waals surface area contributed by atoms with Gasteiger partial charge in [0.1, 0.15) is 5.82 Å². The molecule has 21 heavy (non-hydrogen) atoms. The lowest BCUT2D eigenvalue weighted by atomic mass is 10.1. The molecule has 3 heteroatoms. The molecule has 0 fully saturated rings. The average Bonchev–Trinajstić information content (AvgIpc) is 2.77. The second-order valence-corrected chi connectivity index (χ2v) is 5.42. The summed E-state index contributed by atoms with van der Waals surface area (Å²) in [6, 6.07) is 17.3. The van der Waals surface area contributed by atoms with Gasteiger partial charge in [-0.2, -0.15) is 0 Å². The molecule has 3 rings (SSSR count). The fourth-order valence-corrected chi connectivity index (χ4v) is 2.79. The fraction of sp³-hybridized carbons (Fsp3) is 0.222. The number of rotatable bonds is 3. The molecule has 1 aliphatic rings. The summed E-state index contributed by atoms with van der Waals surface area (Å²) in [6.45, 7) is 2.96. The second kappa shape index (κ2) is 5.70. The van der Waals surface area contributed by atoms with Crippen LogP contribution in [0.25, 0.3) is 0 Å². The third-order valence-electron chi connectivity index (χ3n) is 3.98. The zero-order valence-electron chi connectivity index (χ0n) is 12.3. The highest BCUT2D eigenvalue weighted by Crippen LogP contribution is 2.33. The molecule has 2 nitrogen and oxygen atoms in total. The van der Waals surface area contributed by atoms with Crippen LogP contribution in [0.15, 0.2) is 66.4 Å². The molecule has 1 heterocycles. The van der Waals surface area contributed by atoms with Crippen LogP contribution in [0.1, 0.15) is 24.1 Å². The Morgan fingerprint density at radius 2 is 1.67 bits per heavy atom. The second-order valence-electron chi connectivity index (χ2n) is 5.42. The number of hydrogen-bond acceptors (Lipinski definition) is 2. The van der Waals surface area contributed by atoms with Crippen molar-refractivity contribution in [2.75, 3.05) is 7.05 Å². The summed E-state index contributed by atoms with van der Waals surface area (Å²) in [5.74, 6) is -0.193. The number of allylic oxidation sites excluding steroid dienone is 1. The van der Waals surface area contributed by atoms with Crippen LogP contribution in [0.4, 0.5) is 4.39 Å². The van der Waals surface area contributed by atoms with E-state index >= 15 is 0 Å². The maximum Gasteiger partial charge on any atom is 0.123 e. The van der Waals surface area contributed by atoms with E-state index in [0.29, 0.717) is 0 Å². The summed E-state index contributed by atoms with van der Waals surface area (Å²) in [7, 11) is 2.07. The summed E-state index contributed by atoms with van der Waals surface area (Å²) in [5, 5.41) is 4.46. The van der Waals surface area contributed by atoms with Gasteiger partial charge in [-0.15, -0.1) is 0 Å². The largest absolute Gasteiger partial charge is 0.305 e. The SMILES string of the molecule is CC1=CC(c2ccc(F)cc2)N(C)N1Cc1ccccc1. The molecular weight excluding hydrogens is 263 g/mol. The number of hydrazine groups is 1. The van der Waals surface area contributed by atoms with Crippen molar-refractivity contribution in [3.8, 4) is 0 Å². The van der Waals surface area contributed by atoms with E-state index in [4.69, 9.17) is 0 Å². The van der Waals surface area contributed by atoms with Gasteiger partial charge in [0.25, 0.3) is 0 Å². The lowest BCUT2D eigenvalue weighted by Crippen LogP contribution is -2.34. The van der Waals surface area contributed by atoms with Gasteiger partial charge in [0.15, 0.2) is 0 Å². The van der Waals surface area contributed by atoms with Crippen LogP contribution in [0.5, 0.6) is 0 Å². The van der Waals surface area contributed by atoms with Crippen molar-refractivity contribution in [1.82, 2.24) is 10.0 Å². The zero-order valence-corrected chi connectivity index (χ0v) is 12.3. The van der Waals surface area contributed by atoms with Crippen LogP contribution in [0.2, 0.25) is 0 Å². The molecule has 2 aromatic rings. The topological polar surface area (TPSA) is 6.48 Å². The number of halogens is 1. The number of likely N-dealkylation sites (N-methyl/N-ethyl adjacent to an activating group) is 1. The van der Waals surface area contributed by atoms with Crippen molar-refractivity contribution >= 4 is 0 Å². The van der Waals surface area contributed by atoms with Crippen LogP contribution in [-0.2, 0) is 6.54 Å². The Balaban J connectivity index is 1.80. The first-order chi connectivity index (χ1) is 10.1. The van der Waals surface area contributed by atoms with Gasteiger partial charge >= 0.3 is 0 Å². The molecule has 1 unspecified atom stereocenters. The minimum Gasteiger partial charge on any atom is -0.305 e. The monoisotopic (exact) mass is 282 g/mol. The third kappa shape index (κ3) is 2.83. The predicted octanol–water partition coefficient (Wildman–Crippen LogP) is 4.13. The molecule has 0 radical (unpaired) electrons. The van der Waals surface area contributed by atoms with E-state index in [0.717, 1.165) is 12.1 Å². The Hall–Kier alpha value is -2.13. The maximum atomic E-state index is 13.1. The highest BCUT2D eigenvalue weighted by molar-refractivity contribution is 5.28. The Bertz CT molecular complexity index is 634. The molecule has 0 saturated carbocycles. The van der Waals surface area contributed by atoms with Crippen molar-refractivity contribution in [3.63, 3.8) is 0 Å². The van der Waals surface area contributed by atoms with Gasteiger partial charge in [-0.05, 0) is 36.3 Å². The van der Waals surface area contributed by atoms with Crippen molar-refractivity contribution in [2.24, 2.45) is 0 Å². The average molecular weight is 282 g/mol. The number of hydrogen-bond donors (Lipinski definition) is 0. The molecule has 1 aliphatic heterocycles. The molecule has 0 amide bonds. The Morgan fingerprint density at radius 1 is 1.00 bits per heavy atom. The highest BCUT2D eigenvalue weighted by atomic mass is 19.1. The van der Waals surface area contributed by atoms with Crippen molar-refractivity contribution in [2.45, 2.75) is 19.5 Å². The van der Waals surface area contributed by atoms with Crippen molar-refractivity contribution in [1.29, 1.82) is 0 Å². The van der Waals surface area contributed by atoms with Crippen molar-refractivity contribution < 1.29 is 4.39 Å². The predicted molar refractivity (Wildman–Crippen MR) is 82.6 cm³/mol. The maximum absolute atomic E-state index is 13.1. The summed E-state index contributed by atoms with van der Waals surface area (Å²) >= 11 is 0. The molecule has 0 spiro atoms. The van der Waals surface area contributed by atoms with E-state index in [1.165, 1.54) is 23.4 Å². The summed E-state index contributed by atoms with van der Waals surface area (Å²) in [5.41, 5.74) is 3.60. The third-order valence-corrected chi connectivity index (χ3v) is 3.98. The van der Waals surface area contributed by atoms with Gasteiger partial charge in [-0.1, -0.05) is 42.5 Å². The van der Waals surface area contributed by atoms with E-state index < -0.39 is 0 Å². The van der Waals surface area contributed by atoms with E-state index in [2.05, 4.69) is 54.3 Å². The van der Waals surface area contributed by atoms with Gasteiger partial charge in [-0.25, -0.2) is 9.40 Å². The van der Waals surface area contributed by atoms with Crippen LogP contribution >= 0.6 is 0 Å². The summed E-state index contributed by atoms with van der Waals surface area (Å²) in [6.07, 6.45) is 2.22. The minimum absolute atomic E-state index is 0.161. The number of nitrogens with zero attached hydrogens (tertiary/aromatic N) is 2. The van der Waals surface area contributed by atoms with Crippen LogP contribution in [-0.4, -0.2) is 17.1 Å². The van der Waals surface area contributed by atoms with Crippen LogP contribution in [0, 0.1) is 5.82 Å². The van der Waals surface area contributed by atoms with Crippen LogP contribution in [0.3, 0.4) is 0 Å². The smallest absolute Gasteiger partial charge is 0.123 e. The number of benzene rings is 2. The Morgan fingerprint density at radius 3 is 2.33 bits per heavy atom. The molecule has 0 bridgehead atoms. The lowest BCUT2D eigenvalue weighted by Gasteiger charge is -2.32. The van der Waals surface area contributed by atoms with Gasteiger partial charge < -0.3 is 5.01 Å². The van der Waals surface area contributed by atoms with Gasteiger partial charge in [0.05, 0.1) is 12.6 Å². The van der Waals surface area contributed by atoms with Gasteiger partial charge in [-0.3, -0.25) is 0 Å². The summed E-state index contributed by atoms with van der Waals surface area (Å²) < 4.78 is 13.1. The van der Waals surface area contributed by atoms with Crippen LogP contribution < -0.4 is 0 Å². The van der Waals surface area contributed by atoms with Gasteiger partial charge in [0.2, 0.25) is 0 Å². The first-order valence-corrected chi connectivity index (χ1v) is 7.13. The highest BCUT2D eigenvalue weighted by Gasteiger charge is 2.27. The van der Waals surface area contributed by atoms with Crippen molar-refractivity contribution in [3.05, 3.63) is 83.3 Å². The quantitative estimate of drug-likeness (QED) is 0.835. The molecule has 1 atom stereocenters. The lowest BCUT2D eigenvalue weighted by molar-refractivity contribution is 0.0269. The minimum atomic E-state index is -0.193. The Labute approximate surface area is 125 Å². The molecule has 108 valence electrons. The first kappa shape index (κ1) is 13.8. The molecular formula is C18H19FN2. The molecule has 0 N–H and O–H groups in total. The zero-order chi connectivity index (χ0) is 14.8. The normalized spacial score (nSPS) is 18.9. The summed E-state index contributed by atoms with van der Waals surface area (Å²) in [4.78, 5) is 0. The fourth-order valence-electron chi connectivity index (χ4n) is 2.79. The molecule has 0 saturated heterocycles. The van der Waals surface area contributed by atoms with E-state index in [1.807, 2.05) is 18.2 Å². The standard InChI is InChI=1S/C18H19FN2/c1-14-12-18(16-8-10-17(19)11-9-16)20(2)21(14)13-15-6-4-3-5-7-15/h3-12,18H,13H2,1-2H3. The molecule has 2 aromatic carbocycles. The van der Waals surface area contributed by atoms with E-state index in [1.54, 1.807) is 0 Å². The van der Waals surface area contributed by atoms with E-state index in [-0.39, 0.29) is 11.9 Å². The first-order valence-electron chi connectivity index (χ1n) is 7.13. The van der Waals surface area contributed by atoms with Gasteiger partial charge in [0, 0.05) is 12.7 Å². The van der Waals surface area contributed by atoms with E-state index in [9.17, 15) is 4.39 Å². The Kier molecular flexibility index (Phi) is 3.76.